The molecule has 3 heterocycles. The number of nitrogens with zero attached hydrogens (tertiary/aromatic N) is 4. The molecule has 4 aromatic rings. The van der Waals surface area contributed by atoms with Gasteiger partial charge >= 0.3 is 0 Å². The lowest BCUT2D eigenvalue weighted by Crippen LogP contribution is -1.98. The quantitative estimate of drug-likeness (QED) is 0.592. The first-order valence-electron chi connectivity index (χ1n) is 7.80. The molecule has 1 aromatic carbocycles. The third-order valence-electron chi connectivity index (χ3n) is 3.85. The second-order valence-corrected chi connectivity index (χ2v) is 5.95. The highest BCUT2D eigenvalue weighted by Gasteiger charge is 2.07. The fourth-order valence-electron chi connectivity index (χ4n) is 2.61. The highest BCUT2D eigenvalue weighted by Crippen LogP contribution is 2.27. The number of pyridine rings is 2. The van der Waals surface area contributed by atoms with Crippen LogP contribution in [0.25, 0.3) is 10.9 Å². The lowest BCUT2D eigenvalue weighted by Gasteiger charge is -2.10. The Balaban J connectivity index is 1.60. The Bertz CT molecular complexity index is 1020. The molecule has 0 unspecified atom stereocenters. The number of rotatable bonds is 4. The van der Waals surface area contributed by atoms with Gasteiger partial charge in [0, 0.05) is 40.6 Å². The summed E-state index contributed by atoms with van der Waals surface area (Å²) < 4.78 is 0. The molecule has 5 nitrogen and oxygen atoms in total. The lowest BCUT2D eigenvalue weighted by atomic mass is 10.1. The van der Waals surface area contributed by atoms with E-state index in [1.54, 1.807) is 18.6 Å². The predicted molar refractivity (Wildman–Crippen MR) is 99.1 cm³/mol. The Labute approximate surface area is 149 Å². The van der Waals surface area contributed by atoms with E-state index in [9.17, 15) is 0 Å². The normalized spacial score (nSPS) is 10.8. The van der Waals surface area contributed by atoms with Crippen LogP contribution < -0.4 is 5.32 Å². The van der Waals surface area contributed by atoms with Crippen LogP contribution in [0.5, 0.6) is 0 Å². The maximum absolute atomic E-state index is 6.45. The molecule has 0 aliphatic heterocycles. The van der Waals surface area contributed by atoms with Gasteiger partial charge in [0.25, 0.3) is 0 Å². The molecule has 0 atom stereocenters. The van der Waals surface area contributed by atoms with Crippen molar-refractivity contribution in [3.05, 3.63) is 83.7 Å². The predicted octanol–water partition coefficient (Wildman–Crippen LogP) is 4.41. The van der Waals surface area contributed by atoms with Crippen molar-refractivity contribution in [2.24, 2.45) is 0 Å². The van der Waals surface area contributed by atoms with Crippen molar-refractivity contribution < 1.29 is 0 Å². The Morgan fingerprint density at radius 3 is 2.76 bits per heavy atom. The van der Waals surface area contributed by atoms with Gasteiger partial charge in [-0.25, -0.2) is 9.97 Å². The van der Waals surface area contributed by atoms with Crippen LogP contribution in [0.1, 0.15) is 11.3 Å². The van der Waals surface area contributed by atoms with Crippen LogP contribution in [0.3, 0.4) is 0 Å². The molecule has 0 saturated heterocycles. The van der Waals surface area contributed by atoms with Crippen molar-refractivity contribution in [3.63, 3.8) is 0 Å². The number of hydrogen-bond acceptors (Lipinski definition) is 5. The highest BCUT2D eigenvalue weighted by atomic mass is 35.5. The smallest absolute Gasteiger partial charge is 0.141 e. The van der Waals surface area contributed by atoms with Gasteiger partial charge in [-0.2, -0.15) is 0 Å². The molecule has 0 amide bonds. The standard InChI is InChI=1S/C19H14ClN5/c20-17-10-15(5-4-13(17)9-14-3-1-2-7-22-14)25-19-16-6-8-21-11-18(16)23-12-24-19/h1-8,10-12H,9H2,(H,23,24,25). The first-order chi connectivity index (χ1) is 12.3. The minimum Gasteiger partial charge on any atom is -0.340 e. The van der Waals surface area contributed by atoms with Crippen LogP contribution in [-0.4, -0.2) is 19.9 Å². The largest absolute Gasteiger partial charge is 0.340 e. The van der Waals surface area contributed by atoms with E-state index >= 15 is 0 Å². The zero-order valence-electron chi connectivity index (χ0n) is 13.2. The van der Waals surface area contributed by atoms with Crippen molar-refractivity contribution in [1.29, 1.82) is 0 Å². The zero-order chi connectivity index (χ0) is 17.1. The van der Waals surface area contributed by atoms with Gasteiger partial charge in [0.1, 0.15) is 12.1 Å². The Hall–Kier alpha value is -3.05. The minimum absolute atomic E-state index is 0.690. The van der Waals surface area contributed by atoms with Gasteiger partial charge in [-0.15, -0.1) is 0 Å². The summed E-state index contributed by atoms with van der Waals surface area (Å²) >= 11 is 6.45. The van der Waals surface area contributed by atoms with E-state index in [4.69, 9.17) is 11.6 Å². The van der Waals surface area contributed by atoms with Crippen LogP contribution >= 0.6 is 11.6 Å². The monoisotopic (exact) mass is 347 g/mol. The average molecular weight is 348 g/mol. The average Bonchev–Trinajstić information content (AvgIpc) is 2.65. The SMILES string of the molecule is Clc1cc(Nc2ncnc3cnccc23)ccc1Cc1ccccn1. The summed E-state index contributed by atoms with van der Waals surface area (Å²) in [5.41, 5.74) is 3.67. The molecule has 0 bridgehead atoms. The van der Waals surface area contributed by atoms with Crippen LogP contribution in [0, 0.1) is 0 Å². The van der Waals surface area contributed by atoms with Gasteiger partial charge in [0.15, 0.2) is 0 Å². The number of anilines is 2. The van der Waals surface area contributed by atoms with Gasteiger partial charge in [-0.3, -0.25) is 9.97 Å². The maximum Gasteiger partial charge on any atom is 0.141 e. The topological polar surface area (TPSA) is 63.6 Å². The molecule has 25 heavy (non-hydrogen) atoms. The fraction of sp³-hybridized carbons (Fsp3) is 0.0526. The van der Waals surface area contributed by atoms with E-state index in [2.05, 4.69) is 25.3 Å². The van der Waals surface area contributed by atoms with Gasteiger partial charge < -0.3 is 5.32 Å². The molecule has 0 spiro atoms. The van der Waals surface area contributed by atoms with E-state index in [-0.39, 0.29) is 0 Å². The zero-order valence-corrected chi connectivity index (χ0v) is 14.0. The van der Waals surface area contributed by atoms with Gasteiger partial charge in [-0.1, -0.05) is 23.7 Å². The Kier molecular flexibility index (Phi) is 4.23. The lowest BCUT2D eigenvalue weighted by molar-refractivity contribution is 1.07. The maximum atomic E-state index is 6.45. The third-order valence-corrected chi connectivity index (χ3v) is 4.20. The Morgan fingerprint density at radius 2 is 1.92 bits per heavy atom. The van der Waals surface area contributed by atoms with Crippen LogP contribution in [0.4, 0.5) is 11.5 Å². The first kappa shape index (κ1) is 15.5. The van der Waals surface area contributed by atoms with Gasteiger partial charge in [-0.05, 0) is 35.9 Å². The molecule has 122 valence electrons. The summed E-state index contributed by atoms with van der Waals surface area (Å²) in [7, 11) is 0. The summed E-state index contributed by atoms with van der Waals surface area (Å²) in [5.74, 6) is 0.723. The fourth-order valence-corrected chi connectivity index (χ4v) is 2.86. The van der Waals surface area contributed by atoms with Crippen LogP contribution in [-0.2, 0) is 6.42 Å². The van der Waals surface area contributed by atoms with Gasteiger partial charge in [0.2, 0.25) is 0 Å². The molecule has 0 fully saturated rings. The summed E-state index contributed by atoms with van der Waals surface area (Å²) in [5, 5.41) is 4.90. The van der Waals surface area contributed by atoms with Crippen molar-refractivity contribution in [3.8, 4) is 0 Å². The molecular weight excluding hydrogens is 334 g/mol. The molecule has 1 N–H and O–H groups in total. The molecular formula is C19H14ClN5. The highest BCUT2D eigenvalue weighted by molar-refractivity contribution is 6.31. The molecule has 0 aliphatic carbocycles. The molecule has 0 saturated carbocycles. The third kappa shape index (κ3) is 3.41. The number of benzene rings is 1. The molecule has 0 aliphatic rings. The molecule has 0 radical (unpaired) electrons. The van der Waals surface area contributed by atoms with Gasteiger partial charge in [0.05, 0.1) is 11.7 Å². The number of aromatic nitrogens is 4. The second kappa shape index (κ2) is 6.83. The number of nitrogens with one attached hydrogen (secondary N) is 1. The Morgan fingerprint density at radius 1 is 0.960 bits per heavy atom. The van der Waals surface area contributed by atoms with E-state index in [0.717, 1.165) is 33.7 Å². The van der Waals surface area contributed by atoms with Crippen LogP contribution in [0.2, 0.25) is 5.02 Å². The van der Waals surface area contributed by atoms with E-state index in [1.807, 2.05) is 42.5 Å². The van der Waals surface area contributed by atoms with Crippen LogP contribution in [0.15, 0.2) is 67.4 Å². The summed E-state index contributed by atoms with van der Waals surface area (Å²) in [6.07, 6.45) is 7.44. The van der Waals surface area contributed by atoms with E-state index in [0.29, 0.717) is 11.4 Å². The first-order valence-corrected chi connectivity index (χ1v) is 8.17. The molecule has 3 aromatic heterocycles. The van der Waals surface area contributed by atoms with E-state index in [1.165, 1.54) is 6.33 Å². The van der Waals surface area contributed by atoms with Crippen molar-refractivity contribution in [2.45, 2.75) is 6.42 Å². The summed E-state index contributed by atoms with van der Waals surface area (Å²) in [6, 6.07) is 13.6. The summed E-state index contributed by atoms with van der Waals surface area (Å²) in [4.78, 5) is 17.0. The van der Waals surface area contributed by atoms with E-state index < -0.39 is 0 Å². The number of halogens is 1. The van der Waals surface area contributed by atoms with Crippen molar-refractivity contribution in [1.82, 2.24) is 19.9 Å². The molecule has 4 rings (SSSR count). The number of hydrogen-bond donors (Lipinski definition) is 1. The second-order valence-electron chi connectivity index (χ2n) is 5.54. The van der Waals surface area contributed by atoms with Crippen molar-refractivity contribution in [2.75, 3.05) is 5.32 Å². The summed E-state index contributed by atoms with van der Waals surface area (Å²) in [6.45, 7) is 0. The minimum atomic E-state index is 0.690. The van der Waals surface area contributed by atoms with Crippen molar-refractivity contribution >= 4 is 34.0 Å². The number of fused-ring (bicyclic) bond motifs is 1. The molecule has 6 heteroatoms.